The lowest BCUT2D eigenvalue weighted by Crippen LogP contribution is -2.14. The van der Waals surface area contributed by atoms with Crippen molar-refractivity contribution >= 4 is 35.0 Å². The Kier molecular flexibility index (Phi) is 5.91. The average molecular weight is 370 g/mol. The average Bonchev–Trinajstić information content (AvgIpc) is 2.83. The van der Waals surface area contributed by atoms with E-state index in [0.717, 1.165) is 0 Å². The Balaban J connectivity index is 2.17. The number of ketones is 1. The maximum Gasteiger partial charge on any atom is 0.340 e. The van der Waals surface area contributed by atoms with E-state index >= 15 is 0 Å². The van der Waals surface area contributed by atoms with Crippen LogP contribution in [-0.2, 0) is 4.74 Å². The Labute approximate surface area is 149 Å². The van der Waals surface area contributed by atoms with E-state index in [-0.39, 0.29) is 19.0 Å². The van der Waals surface area contributed by atoms with Crippen LogP contribution >= 0.6 is 23.2 Å². The van der Waals surface area contributed by atoms with E-state index in [4.69, 9.17) is 32.7 Å². The summed E-state index contributed by atoms with van der Waals surface area (Å²) in [6.45, 7) is 5.16. The first-order chi connectivity index (χ1) is 11.3. The number of aromatic amines is 1. The van der Waals surface area contributed by atoms with Gasteiger partial charge in [0, 0.05) is 16.8 Å². The van der Waals surface area contributed by atoms with Crippen LogP contribution < -0.4 is 4.74 Å². The molecule has 0 aliphatic heterocycles. The summed E-state index contributed by atoms with van der Waals surface area (Å²) in [4.78, 5) is 27.3. The third-order valence-electron chi connectivity index (χ3n) is 3.45. The molecule has 1 aromatic heterocycles. The van der Waals surface area contributed by atoms with Gasteiger partial charge in [-0.25, -0.2) is 4.79 Å². The number of aryl methyl sites for hydroxylation is 1. The van der Waals surface area contributed by atoms with Crippen LogP contribution in [0.2, 0.25) is 10.0 Å². The fourth-order valence-corrected chi connectivity index (χ4v) is 2.68. The number of carbonyl (C=O) groups excluding carboxylic acids is 2. The van der Waals surface area contributed by atoms with Crippen molar-refractivity contribution in [1.29, 1.82) is 0 Å². The summed E-state index contributed by atoms with van der Waals surface area (Å²) in [6.07, 6.45) is 0. The summed E-state index contributed by atoms with van der Waals surface area (Å²) >= 11 is 11.9. The molecule has 0 spiro atoms. The first kappa shape index (κ1) is 18.4. The number of carbonyl (C=O) groups is 2. The van der Waals surface area contributed by atoms with Crippen LogP contribution in [0.3, 0.4) is 0 Å². The third-order valence-corrected chi connectivity index (χ3v) is 4.00. The van der Waals surface area contributed by atoms with Gasteiger partial charge < -0.3 is 14.5 Å². The number of ether oxygens (including phenoxy) is 2. The Bertz CT molecular complexity index is 783. The summed E-state index contributed by atoms with van der Waals surface area (Å²) in [5.74, 6) is -0.437. The van der Waals surface area contributed by atoms with Crippen molar-refractivity contribution in [2.75, 3.05) is 13.2 Å². The van der Waals surface area contributed by atoms with Crippen molar-refractivity contribution in [1.82, 2.24) is 4.98 Å². The first-order valence-corrected chi connectivity index (χ1v) is 8.08. The van der Waals surface area contributed by atoms with Crippen molar-refractivity contribution in [3.8, 4) is 5.75 Å². The van der Waals surface area contributed by atoms with Crippen LogP contribution in [0, 0.1) is 13.8 Å². The second-order valence-corrected chi connectivity index (χ2v) is 5.98. The molecule has 0 fully saturated rings. The Morgan fingerprint density at radius 1 is 1.21 bits per heavy atom. The van der Waals surface area contributed by atoms with Crippen LogP contribution in [0.5, 0.6) is 5.75 Å². The molecule has 0 atom stereocenters. The van der Waals surface area contributed by atoms with Gasteiger partial charge in [0.15, 0.2) is 6.61 Å². The van der Waals surface area contributed by atoms with E-state index in [1.807, 2.05) is 0 Å². The van der Waals surface area contributed by atoms with Gasteiger partial charge >= 0.3 is 5.97 Å². The number of halogens is 2. The van der Waals surface area contributed by atoms with E-state index in [2.05, 4.69) is 4.98 Å². The molecule has 24 heavy (non-hydrogen) atoms. The maximum absolute atomic E-state index is 12.4. The van der Waals surface area contributed by atoms with Crippen LogP contribution in [0.4, 0.5) is 0 Å². The largest absolute Gasteiger partial charge is 0.484 e. The number of H-pyrrole nitrogens is 1. The summed E-state index contributed by atoms with van der Waals surface area (Å²) in [5, 5.41) is 0.817. The monoisotopic (exact) mass is 369 g/mol. The molecule has 1 aromatic carbocycles. The highest BCUT2D eigenvalue weighted by molar-refractivity contribution is 6.34. The van der Waals surface area contributed by atoms with Gasteiger partial charge in [-0.3, -0.25) is 4.79 Å². The SMILES string of the molecule is CCOC(=O)c1c(C)[nH]c(C(=O)COc2cc(Cl)ccc2Cl)c1C. The van der Waals surface area contributed by atoms with Gasteiger partial charge in [-0.2, -0.15) is 0 Å². The van der Waals surface area contributed by atoms with Crippen molar-refractivity contribution in [2.24, 2.45) is 0 Å². The second-order valence-electron chi connectivity index (χ2n) is 5.13. The van der Waals surface area contributed by atoms with Crippen molar-refractivity contribution in [3.05, 3.63) is 50.8 Å². The minimum Gasteiger partial charge on any atom is -0.484 e. The molecule has 0 radical (unpaired) electrons. The van der Waals surface area contributed by atoms with E-state index < -0.39 is 5.97 Å². The zero-order valence-electron chi connectivity index (χ0n) is 13.5. The van der Waals surface area contributed by atoms with Crippen LogP contribution in [0.15, 0.2) is 18.2 Å². The van der Waals surface area contributed by atoms with Gasteiger partial charge in [0.25, 0.3) is 0 Å². The lowest BCUT2D eigenvalue weighted by molar-refractivity contribution is 0.0525. The van der Waals surface area contributed by atoms with Crippen molar-refractivity contribution in [2.45, 2.75) is 20.8 Å². The molecule has 0 bridgehead atoms. The molecule has 1 heterocycles. The fourth-order valence-electron chi connectivity index (χ4n) is 2.34. The normalized spacial score (nSPS) is 10.5. The molecule has 0 aliphatic carbocycles. The number of nitrogens with one attached hydrogen (secondary N) is 1. The summed E-state index contributed by atoms with van der Waals surface area (Å²) in [7, 11) is 0. The second kappa shape index (κ2) is 7.73. The van der Waals surface area contributed by atoms with Gasteiger partial charge in [-0.15, -0.1) is 0 Å². The molecule has 0 saturated heterocycles. The molecule has 2 rings (SSSR count). The summed E-state index contributed by atoms with van der Waals surface area (Å²) in [6, 6.07) is 4.75. The number of hydrogen-bond donors (Lipinski definition) is 1. The molecule has 128 valence electrons. The first-order valence-electron chi connectivity index (χ1n) is 7.32. The van der Waals surface area contributed by atoms with E-state index in [1.54, 1.807) is 32.9 Å². The number of aromatic nitrogens is 1. The molecular weight excluding hydrogens is 353 g/mol. The smallest absolute Gasteiger partial charge is 0.340 e. The molecule has 0 aliphatic rings. The topological polar surface area (TPSA) is 68.4 Å². The quantitative estimate of drug-likeness (QED) is 0.605. The molecule has 2 aromatic rings. The number of Topliss-reactive ketones (excluding diaryl/α,β-unsaturated/α-hetero) is 1. The van der Waals surface area contributed by atoms with E-state index in [9.17, 15) is 9.59 Å². The number of hydrogen-bond acceptors (Lipinski definition) is 4. The zero-order valence-corrected chi connectivity index (χ0v) is 15.0. The van der Waals surface area contributed by atoms with Crippen LogP contribution in [0.1, 0.15) is 39.0 Å². The Hall–Kier alpha value is -1.98. The molecule has 1 N–H and O–H groups in total. The minimum absolute atomic E-state index is 0.233. The highest BCUT2D eigenvalue weighted by Gasteiger charge is 2.23. The van der Waals surface area contributed by atoms with E-state index in [1.165, 1.54) is 6.07 Å². The number of esters is 1. The van der Waals surface area contributed by atoms with Gasteiger partial charge in [-0.05, 0) is 38.5 Å². The van der Waals surface area contributed by atoms with Crippen molar-refractivity contribution in [3.63, 3.8) is 0 Å². The highest BCUT2D eigenvalue weighted by Crippen LogP contribution is 2.28. The van der Waals surface area contributed by atoms with Crippen molar-refractivity contribution < 1.29 is 19.1 Å². The van der Waals surface area contributed by atoms with Gasteiger partial charge in [-0.1, -0.05) is 23.2 Å². The van der Waals surface area contributed by atoms with Crippen LogP contribution in [-0.4, -0.2) is 30.0 Å². The van der Waals surface area contributed by atoms with E-state index in [0.29, 0.717) is 38.3 Å². The predicted octanol–water partition coefficient (Wildman–Crippen LogP) is 4.38. The standard InChI is InChI=1S/C17H17Cl2NO4/c1-4-23-17(22)15-9(2)16(20-10(15)3)13(21)8-24-14-7-11(18)5-6-12(14)19/h5-7,20H,4,8H2,1-3H3. The van der Waals surface area contributed by atoms with Gasteiger partial charge in [0.2, 0.25) is 5.78 Å². The minimum atomic E-state index is -0.457. The van der Waals surface area contributed by atoms with Gasteiger partial charge in [0.1, 0.15) is 5.75 Å². The summed E-state index contributed by atoms with van der Waals surface area (Å²) in [5.41, 5.74) is 1.81. The maximum atomic E-state index is 12.4. The molecule has 5 nitrogen and oxygen atoms in total. The van der Waals surface area contributed by atoms with Crippen LogP contribution in [0.25, 0.3) is 0 Å². The lowest BCUT2D eigenvalue weighted by Gasteiger charge is -2.08. The Morgan fingerprint density at radius 2 is 1.92 bits per heavy atom. The summed E-state index contributed by atoms with van der Waals surface area (Å²) < 4.78 is 10.5. The number of benzene rings is 1. The predicted molar refractivity (Wildman–Crippen MR) is 92.5 cm³/mol. The zero-order chi connectivity index (χ0) is 17.9. The Morgan fingerprint density at radius 3 is 2.58 bits per heavy atom. The molecule has 7 heteroatoms. The molecule has 0 unspecified atom stereocenters. The van der Waals surface area contributed by atoms with Gasteiger partial charge in [0.05, 0.1) is 22.9 Å². The fraction of sp³-hybridized carbons (Fsp3) is 0.294. The molecule has 0 amide bonds. The third kappa shape index (κ3) is 3.91. The molecule has 0 saturated carbocycles. The molecular formula is C17H17Cl2NO4. The lowest BCUT2D eigenvalue weighted by atomic mass is 10.1. The highest BCUT2D eigenvalue weighted by atomic mass is 35.5. The number of rotatable bonds is 6.